The summed E-state index contributed by atoms with van der Waals surface area (Å²) in [6.45, 7) is 2.10. The van der Waals surface area contributed by atoms with Crippen molar-refractivity contribution in [2.45, 2.75) is 17.9 Å². The Morgan fingerprint density at radius 1 is 1.00 bits per heavy atom. The molecule has 0 saturated heterocycles. The molecule has 2 rings (SSSR count). The first kappa shape index (κ1) is 14.6. The van der Waals surface area contributed by atoms with Gasteiger partial charge in [-0.05, 0) is 55.1 Å². The second-order valence-electron chi connectivity index (χ2n) is 4.27. The van der Waals surface area contributed by atoms with Crippen LogP contribution in [-0.2, 0) is 0 Å². The number of hydrogen-bond acceptors (Lipinski definition) is 2. The van der Waals surface area contributed by atoms with Gasteiger partial charge < -0.3 is 5.32 Å². The summed E-state index contributed by atoms with van der Waals surface area (Å²) in [6, 6.07) is 14.3. The third kappa shape index (κ3) is 3.82. The highest BCUT2D eigenvalue weighted by Crippen LogP contribution is 2.27. The van der Waals surface area contributed by atoms with E-state index in [1.54, 1.807) is 11.8 Å². The van der Waals surface area contributed by atoms with E-state index in [9.17, 15) is 0 Å². The highest BCUT2D eigenvalue weighted by molar-refractivity contribution is 7.98. The molecule has 0 aliphatic rings. The molecule has 0 aromatic heterocycles. The van der Waals surface area contributed by atoms with Crippen LogP contribution in [0.1, 0.15) is 18.5 Å². The molecule has 0 amide bonds. The predicted octanol–water partition coefficient (Wildman–Crippen LogP) is 5.89. The topological polar surface area (TPSA) is 12.0 Å². The Morgan fingerprint density at radius 3 is 2.26 bits per heavy atom. The van der Waals surface area contributed by atoms with Crippen LogP contribution in [-0.4, -0.2) is 6.26 Å². The Hall–Kier alpha value is -0.830. The van der Waals surface area contributed by atoms with Crippen LogP contribution in [0.25, 0.3) is 0 Å². The first-order valence-electron chi connectivity index (χ1n) is 5.95. The maximum absolute atomic E-state index is 6.04. The van der Waals surface area contributed by atoms with Gasteiger partial charge in [0.2, 0.25) is 0 Å². The van der Waals surface area contributed by atoms with E-state index < -0.39 is 0 Å². The minimum absolute atomic E-state index is 0.176. The quantitative estimate of drug-likeness (QED) is 0.707. The van der Waals surface area contributed by atoms with Crippen LogP contribution in [0.15, 0.2) is 47.4 Å². The SMILES string of the molecule is CSc1ccc(NC(C)c2ccc(Cl)c(Cl)c2)cc1. The number of anilines is 1. The zero-order chi connectivity index (χ0) is 13.8. The molecule has 0 aliphatic heterocycles. The maximum atomic E-state index is 6.04. The fourth-order valence-corrected chi connectivity index (χ4v) is 2.52. The smallest absolute Gasteiger partial charge is 0.0595 e. The van der Waals surface area contributed by atoms with Gasteiger partial charge in [0.25, 0.3) is 0 Å². The summed E-state index contributed by atoms with van der Waals surface area (Å²) in [6.07, 6.45) is 2.07. The van der Waals surface area contributed by atoms with Gasteiger partial charge in [0.1, 0.15) is 0 Å². The maximum Gasteiger partial charge on any atom is 0.0595 e. The van der Waals surface area contributed by atoms with E-state index in [1.807, 2.05) is 18.2 Å². The molecule has 2 aromatic rings. The predicted molar refractivity (Wildman–Crippen MR) is 86.7 cm³/mol. The summed E-state index contributed by atoms with van der Waals surface area (Å²) < 4.78 is 0. The highest BCUT2D eigenvalue weighted by atomic mass is 35.5. The molecular formula is C15H15Cl2NS. The molecule has 0 aliphatic carbocycles. The molecule has 0 radical (unpaired) electrons. The van der Waals surface area contributed by atoms with Crippen molar-refractivity contribution in [3.8, 4) is 0 Å². The number of nitrogens with one attached hydrogen (secondary N) is 1. The summed E-state index contributed by atoms with van der Waals surface area (Å²) in [5.74, 6) is 0. The van der Waals surface area contributed by atoms with Crippen LogP contribution >= 0.6 is 35.0 Å². The molecule has 0 spiro atoms. The van der Waals surface area contributed by atoms with Crippen LogP contribution in [0.3, 0.4) is 0 Å². The van der Waals surface area contributed by atoms with E-state index in [0.717, 1.165) is 11.3 Å². The van der Waals surface area contributed by atoms with Gasteiger partial charge in [-0.1, -0.05) is 29.3 Å². The molecule has 19 heavy (non-hydrogen) atoms. The number of hydrogen-bond donors (Lipinski definition) is 1. The molecule has 1 atom stereocenters. The van der Waals surface area contributed by atoms with Gasteiger partial charge in [0, 0.05) is 16.6 Å². The molecule has 0 fully saturated rings. The van der Waals surface area contributed by atoms with Crippen molar-refractivity contribution in [2.75, 3.05) is 11.6 Å². The Morgan fingerprint density at radius 2 is 1.68 bits per heavy atom. The van der Waals surface area contributed by atoms with Gasteiger partial charge in [-0.2, -0.15) is 0 Å². The summed E-state index contributed by atoms with van der Waals surface area (Å²) in [5.41, 5.74) is 2.21. The van der Waals surface area contributed by atoms with Gasteiger partial charge in [0.05, 0.1) is 10.0 Å². The molecular weight excluding hydrogens is 297 g/mol. The lowest BCUT2D eigenvalue weighted by molar-refractivity contribution is 0.884. The summed E-state index contributed by atoms with van der Waals surface area (Å²) in [5, 5.41) is 4.62. The van der Waals surface area contributed by atoms with Gasteiger partial charge >= 0.3 is 0 Å². The van der Waals surface area contributed by atoms with Crippen LogP contribution in [0.2, 0.25) is 10.0 Å². The lowest BCUT2D eigenvalue weighted by atomic mass is 10.1. The van der Waals surface area contributed by atoms with E-state index in [2.05, 4.69) is 42.8 Å². The summed E-state index contributed by atoms with van der Waals surface area (Å²) in [7, 11) is 0. The van der Waals surface area contributed by atoms with Crippen molar-refractivity contribution in [3.05, 3.63) is 58.1 Å². The minimum atomic E-state index is 0.176. The molecule has 4 heteroatoms. The van der Waals surface area contributed by atoms with E-state index in [-0.39, 0.29) is 6.04 Å². The molecule has 0 heterocycles. The Bertz CT molecular complexity index is 555. The molecule has 1 N–H and O–H groups in total. The first-order chi connectivity index (χ1) is 9.10. The van der Waals surface area contributed by atoms with Crippen LogP contribution in [0.4, 0.5) is 5.69 Å². The molecule has 1 unspecified atom stereocenters. The van der Waals surface area contributed by atoms with Crippen LogP contribution < -0.4 is 5.32 Å². The standard InChI is InChI=1S/C15H15Cl2NS/c1-10(11-3-8-14(16)15(17)9-11)18-12-4-6-13(19-2)7-5-12/h3-10,18H,1-2H3. The second-order valence-corrected chi connectivity index (χ2v) is 5.96. The Labute approximate surface area is 128 Å². The van der Waals surface area contributed by atoms with Gasteiger partial charge in [-0.15, -0.1) is 11.8 Å². The first-order valence-corrected chi connectivity index (χ1v) is 7.94. The lowest BCUT2D eigenvalue weighted by Gasteiger charge is -2.16. The zero-order valence-corrected chi connectivity index (χ0v) is 13.1. The van der Waals surface area contributed by atoms with E-state index in [4.69, 9.17) is 23.2 Å². The fraction of sp³-hybridized carbons (Fsp3) is 0.200. The van der Waals surface area contributed by atoms with E-state index in [1.165, 1.54) is 4.90 Å². The highest BCUT2D eigenvalue weighted by Gasteiger charge is 2.07. The third-order valence-corrected chi connectivity index (χ3v) is 4.40. The lowest BCUT2D eigenvalue weighted by Crippen LogP contribution is -2.06. The average molecular weight is 312 g/mol. The molecule has 100 valence electrons. The Kier molecular flexibility index (Phi) is 5.03. The van der Waals surface area contributed by atoms with Crippen molar-refractivity contribution < 1.29 is 0 Å². The zero-order valence-electron chi connectivity index (χ0n) is 10.8. The van der Waals surface area contributed by atoms with Gasteiger partial charge in [0.15, 0.2) is 0 Å². The molecule has 2 aromatic carbocycles. The number of thioether (sulfide) groups is 1. The summed E-state index contributed by atoms with van der Waals surface area (Å²) in [4.78, 5) is 1.26. The third-order valence-electron chi connectivity index (χ3n) is 2.92. The molecule has 0 bridgehead atoms. The summed E-state index contributed by atoms with van der Waals surface area (Å²) >= 11 is 13.7. The van der Waals surface area contributed by atoms with Crippen LogP contribution in [0, 0.1) is 0 Å². The van der Waals surface area contributed by atoms with Crippen molar-refractivity contribution >= 4 is 40.7 Å². The number of benzene rings is 2. The molecule has 0 saturated carbocycles. The van der Waals surface area contributed by atoms with Crippen molar-refractivity contribution in [3.63, 3.8) is 0 Å². The molecule has 1 nitrogen and oxygen atoms in total. The van der Waals surface area contributed by atoms with Gasteiger partial charge in [-0.25, -0.2) is 0 Å². The number of rotatable bonds is 4. The van der Waals surface area contributed by atoms with E-state index >= 15 is 0 Å². The van der Waals surface area contributed by atoms with Gasteiger partial charge in [-0.3, -0.25) is 0 Å². The monoisotopic (exact) mass is 311 g/mol. The van der Waals surface area contributed by atoms with Crippen molar-refractivity contribution in [1.82, 2.24) is 0 Å². The number of halogens is 2. The van der Waals surface area contributed by atoms with Crippen molar-refractivity contribution in [2.24, 2.45) is 0 Å². The normalized spacial score (nSPS) is 12.2. The van der Waals surface area contributed by atoms with E-state index in [0.29, 0.717) is 10.0 Å². The largest absolute Gasteiger partial charge is 0.379 e. The minimum Gasteiger partial charge on any atom is -0.379 e. The van der Waals surface area contributed by atoms with Crippen LogP contribution in [0.5, 0.6) is 0 Å². The Balaban J connectivity index is 2.10. The average Bonchev–Trinajstić information content (AvgIpc) is 2.42. The van der Waals surface area contributed by atoms with Crippen molar-refractivity contribution in [1.29, 1.82) is 0 Å². The fourth-order valence-electron chi connectivity index (χ4n) is 1.80. The second kappa shape index (κ2) is 6.56.